The maximum Gasteiger partial charge on any atom is 0.0701 e. The van der Waals surface area contributed by atoms with E-state index in [4.69, 9.17) is 24.8 Å². The van der Waals surface area contributed by atoms with Crippen LogP contribution in [0.1, 0.15) is 57.8 Å². The third-order valence-electron chi connectivity index (χ3n) is 3.16. The van der Waals surface area contributed by atoms with Crippen LogP contribution in [0.25, 0.3) is 0 Å². The second-order valence-corrected chi connectivity index (χ2v) is 5.75. The predicted octanol–water partition coefficient (Wildman–Crippen LogP) is 2.42. The zero-order valence-electron chi connectivity index (χ0n) is 14.6. The van der Waals surface area contributed by atoms with Gasteiger partial charge in [-0.05, 0) is 18.6 Å². The average molecular weight is 355 g/mol. The molecule has 0 aliphatic carbocycles. The Kier molecular flexibility index (Phi) is 29.8. The highest BCUT2D eigenvalue weighted by atomic mass is 32.1. The summed E-state index contributed by atoms with van der Waals surface area (Å²) >= 11 is 4.18. The summed E-state index contributed by atoms with van der Waals surface area (Å²) in [5, 5.41) is 25.1. The molecule has 0 aromatic rings. The van der Waals surface area contributed by atoms with Crippen molar-refractivity contribution in [1.82, 2.24) is 0 Å². The lowest BCUT2D eigenvalue weighted by Crippen LogP contribution is -2.09. The molecule has 142 valence electrons. The summed E-state index contributed by atoms with van der Waals surface area (Å²) in [6.45, 7) is 2.09. The van der Waals surface area contributed by atoms with Crippen molar-refractivity contribution in [1.29, 1.82) is 0 Å². The summed E-state index contributed by atoms with van der Waals surface area (Å²) in [5.41, 5.74) is 0. The molecule has 0 radical (unpaired) electrons. The summed E-state index contributed by atoms with van der Waals surface area (Å²) in [6.07, 6.45) is 11.6. The van der Waals surface area contributed by atoms with Gasteiger partial charge in [-0.2, -0.15) is 12.6 Å². The fraction of sp³-hybridized carbons (Fsp3) is 1.00. The first-order chi connectivity index (χ1) is 11.3. The van der Waals surface area contributed by atoms with E-state index in [1.54, 1.807) is 0 Å². The van der Waals surface area contributed by atoms with Crippen molar-refractivity contribution in [3.8, 4) is 0 Å². The second-order valence-electron chi connectivity index (χ2n) is 5.30. The maximum absolute atomic E-state index is 8.56. The predicted molar refractivity (Wildman–Crippen MR) is 98.3 cm³/mol. The number of hydrogen-bond donors (Lipinski definition) is 4. The minimum absolute atomic E-state index is 0.0417. The van der Waals surface area contributed by atoms with Crippen molar-refractivity contribution in [3.05, 3.63) is 0 Å². The van der Waals surface area contributed by atoms with Crippen LogP contribution in [-0.4, -0.2) is 67.3 Å². The second kappa shape index (κ2) is 27.0. The molecule has 0 fully saturated rings. The lowest BCUT2D eigenvalue weighted by atomic mass is 10.1. The van der Waals surface area contributed by atoms with Crippen LogP contribution in [0.5, 0.6) is 0 Å². The Morgan fingerprint density at radius 2 is 0.870 bits per heavy atom. The molecule has 5 nitrogen and oxygen atoms in total. The molecule has 0 heterocycles. The van der Waals surface area contributed by atoms with E-state index in [2.05, 4.69) is 12.6 Å². The molecule has 0 atom stereocenters. The molecule has 0 rings (SSSR count). The van der Waals surface area contributed by atoms with Gasteiger partial charge >= 0.3 is 0 Å². The van der Waals surface area contributed by atoms with Crippen molar-refractivity contribution in [2.45, 2.75) is 57.8 Å². The first kappa shape index (κ1) is 25.4. The topological polar surface area (TPSA) is 79.2 Å². The SMILES string of the molecule is OCCCCCCCCCCCS.OCCOCCOCCO. The van der Waals surface area contributed by atoms with Crippen molar-refractivity contribution < 1.29 is 24.8 Å². The normalized spacial score (nSPS) is 10.4. The molecule has 0 aromatic carbocycles. The lowest BCUT2D eigenvalue weighted by Gasteiger charge is -2.01. The summed E-state index contributed by atoms with van der Waals surface area (Å²) in [6, 6.07) is 0. The molecule has 6 heteroatoms. The molecule has 0 aromatic heterocycles. The smallest absolute Gasteiger partial charge is 0.0701 e. The Morgan fingerprint density at radius 3 is 1.22 bits per heavy atom. The monoisotopic (exact) mass is 354 g/mol. The number of rotatable bonds is 17. The van der Waals surface area contributed by atoms with E-state index in [0.29, 0.717) is 33.0 Å². The van der Waals surface area contributed by atoms with Gasteiger partial charge in [0.25, 0.3) is 0 Å². The van der Waals surface area contributed by atoms with Crippen LogP contribution in [0.3, 0.4) is 0 Å². The molecule has 0 saturated carbocycles. The molecule has 0 amide bonds. The van der Waals surface area contributed by atoms with Gasteiger partial charge in [-0.15, -0.1) is 0 Å². The first-order valence-corrected chi connectivity index (χ1v) is 9.55. The van der Waals surface area contributed by atoms with Gasteiger partial charge in [0.05, 0.1) is 39.6 Å². The van der Waals surface area contributed by atoms with Crippen molar-refractivity contribution in [3.63, 3.8) is 0 Å². The number of unbranched alkanes of at least 4 members (excludes halogenated alkanes) is 8. The molecule has 0 bridgehead atoms. The van der Waals surface area contributed by atoms with E-state index in [1.807, 2.05) is 0 Å². The molecule has 0 aliphatic heterocycles. The van der Waals surface area contributed by atoms with E-state index in [1.165, 1.54) is 51.4 Å². The number of thiol groups is 1. The van der Waals surface area contributed by atoms with Gasteiger partial charge in [-0.1, -0.05) is 44.9 Å². The molecular formula is C17H38O5S. The summed E-state index contributed by atoms with van der Waals surface area (Å²) in [4.78, 5) is 0. The Balaban J connectivity index is 0. The van der Waals surface area contributed by atoms with Crippen LogP contribution >= 0.6 is 12.6 Å². The highest BCUT2D eigenvalue weighted by molar-refractivity contribution is 7.80. The van der Waals surface area contributed by atoms with E-state index in [0.717, 1.165) is 12.2 Å². The van der Waals surface area contributed by atoms with Gasteiger partial charge in [-0.25, -0.2) is 0 Å². The van der Waals surface area contributed by atoms with Crippen LogP contribution in [0.4, 0.5) is 0 Å². The third-order valence-corrected chi connectivity index (χ3v) is 3.48. The molecule has 0 unspecified atom stereocenters. The fourth-order valence-corrected chi connectivity index (χ4v) is 2.14. The number of aliphatic hydroxyl groups excluding tert-OH is 3. The van der Waals surface area contributed by atoms with Gasteiger partial charge < -0.3 is 24.8 Å². The van der Waals surface area contributed by atoms with Gasteiger partial charge in [0.2, 0.25) is 0 Å². The van der Waals surface area contributed by atoms with Gasteiger partial charge in [0, 0.05) is 6.61 Å². The first-order valence-electron chi connectivity index (χ1n) is 8.92. The fourth-order valence-electron chi connectivity index (χ4n) is 1.91. The minimum atomic E-state index is 0.0417. The Hall–Kier alpha value is 0.150. The molecule has 0 saturated heterocycles. The number of hydrogen-bond acceptors (Lipinski definition) is 6. The lowest BCUT2D eigenvalue weighted by molar-refractivity contribution is 0.0222. The van der Waals surface area contributed by atoms with E-state index in [-0.39, 0.29) is 13.2 Å². The molecule has 3 N–H and O–H groups in total. The van der Waals surface area contributed by atoms with Gasteiger partial charge in [0.15, 0.2) is 0 Å². The van der Waals surface area contributed by atoms with Crippen LogP contribution in [0.2, 0.25) is 0 Å². The standard InChI is InChI=1S/C11H24OS.C6H14O4/c12-10-8-6-4-2-1-3-5-7-9-11-13;7-1-3-9-5-6-10-4-2-8/h12-13H,1-11H2;7-8H,1-6H2. The maximum atomic E-state index is 8.56. The van der Waals surface area contributed by atoms with Crippen LogP contribution < -0.4 is 0 Å². The molecule has 23 heavy (non-hydrogen) atoms. The van der Waals surface area contributed by atoms with Crippen LogP contribution in [-0.2, 0) is 9.47 Å². The highest BCUT2D eigenvalue weighted by Crippen LogP contribution is 2.09. The summed E-state index contributed by atoms with van der Waals surface area (Å²) in [5.74, 6) is 1.04. The molecule has 0 aliphatic rings. The Morgan fingerprint density at radius 1 is 0.478 bits per heavy atom. The highest BCUT2D eigenvalue weighted by Gasteiger charge is 1.91. The average Bonchev–Trinajstić information content (AvgIpc) is 2.57. The quantitative estimate of drug-likeness (QED) is 0.238. The summed E-state index contributed by atoms with van der Waals surface area (Å²) in [7, 11) is 0. The van der Waals surface area contributed by atoms with Crippen molar-refractivity contribution >= 4 is 12.6 Å². The number of ether oxygens (including phenoxy) is 2. The van der Waals surface area contributed by atoms with Crippen molar-refractivity contribution in [2.24, 2.45) is 0 Å². The Labute approximate surface area is 147 Å². The molecule has 0 spiro atoms. The van der Waals surface area contributed by atoms with Crippen LogP contribution in [0.15, 0.2) is 0 Å². The van der Waals surface area contributed by atoms with Gasteiger partial charge in [-0.3, -0.25) is 0 Å². The van der Waals surface area contributed by atoms with E-state index >= 15 is 0 Å². The molecular weight excluding hydrogens is 316 g/mol. The van der Waals surface area contributed by atoms with E-state index < -0.39 is 0 Å². The zero-order chi connectivity index (χ0) is 17.4. The number of aliphatic hydroxyl groups is 3. The largest absolute Gasteiger partial charge is 0.396 e. The zero-order valence-corrected chi connectivity index (χ0v) is 15.5. The Bertz CT molecular complexity index is 166. The van der Waals surface area contributed by atoms with Crippen LogP contribution in [0, 0.1) is 0 Å². The van der Waals surface area contributed by atoms with Gasteiger partial charge in [0.1, 0.15) is 0 Å². The van der Waals surface area contributed by atoms with E-state index in [9.17, 15) is 0 Å². The summed E-state index contributed by atoms with van der Waals surface area (Å²) < 4.78 is 9.75. The van der Waals surface area contributed by atoms with Crippen molar-refractivity contribution in [2.75, 3.05) is 52.0 Å². The third kappa shape index (κ3) is 30.6. The minimum Gasteiger partial charge on any atom is -0.396 e.